The Morgan fingerprint density at radius 2 is 2.17 bits per heavy atom. The van der Waals surface area contributed by atoms with Gasteiger partial charge in [-0.2, -0.15) is 0 Å². The van der Waals surface area contributed by atoms with Crippen molar-refractivity contribution < 1.29 is 9.64 Å². The number of H-pyrrole nitrogens is 1. The van der Waals surface area contributed by atoms with Crippen LogP contribution in [-0.4, -0.2) is 47.4 Å². The van der Waals surface area contributed by atoms with Gasteiger partial charge in [0.2, 0.25) is 0 Å². The highest BCUT2D eigenvalue weighted by molar-refractivity contribution is 6.04. The SMILES string of the molecule is Cc1ccc2[nH]c3c(=O)n(CCC[NH+]4CCOCC4)cnc3c2c1. The molecule has 2 N–H and O–H groups in total. The van der Waals surface area contributed by atoms with E-state index >= 15 is 0 Å². The number of morpholine rings is 1. The first-order valence-corrected chi connectivity index (χ1v) is 8.61. The molecule has 126 valence electrons. The lowest BCUT2D eigenvalue weighted by atomic mass is 10.2. The van der Waals surface area contributed by atoms with Gasteiger partial charge in [0, 0.05) is 23.9 Å². The number of quaternary nitrogens is 1. The molecular formula is C18H23N4O2+. The number of aryl methyl sites for hydroxylation is 2. The van der Waals surface area contributed by atoms with E-state index in [1.165, 1.54) is 5.56 Å². The lowest BCUT2D eigenvalue weighted by Crippen LogP contribution is -3.14. The molecular weight excluding hydrogens is 304 g/mol. The van der Waals surface area contributed by atoms with Crippen molar-refractivity contribution in [2.75, 3.05) is 32.8 Å². The molecule has 0 spiro atoms. The van der Waals surface area contributed by atoms with Gasteiger partial charge in [-0.1, -0.05) is 11.6 Å². The van der Waals surface area contributed by atoms with Gasteiger partial charge in [-0.05, 0) is 19.1 Å². The number of nitrogens with zero attached hydrogens (tertiary/aromatic N) is 2. The third-order valence-corrected chi connectivity index (χ3v) is 4.86. The highest BCUT2D eigenvalue weighted by atomic mass is 16.5. The van der Waals surface area contributed by atoms with Crippen LogP contribution in [0.15, 0.2) is 29.3 Å². The second-order valence-electron chi connectivity index (χ2n) is 6.61. The molecule has 0 aliphatic carbocycles. The first kappa shape index (κ1) is 15.4. The molecule has 24 heavy (non-hydrogen) atoms. The zero-order chi connectivity index (χ0) is 16.5. The number of hydrogen-bond donors (Lipinski definition) is 2. The molecule has 6 nitrogen and oxygen atoms in total. The van der Waals surface area contributed by atoms with Gasteiger partial charge in [-0.25, -0.2) is 4.98 Å². The number of aromatic nitrogens is 3. The fraction of sp³-hybridized carbons (Fsp3) is 0.444. The average Bonchev–Trinajstić information content (AvgIpc) is 2.97. The van der Waals surface area contributed by atoms with E-state index in [1.54, 1.807) is 15.8 Å². The Morgan fingerprint density at radius 3 is 3.00 bits per heavy atom. The number of fused-ring (bicyclic) bond motifs is 3. The van der Waals surface area contributed by atoms with Crippen LogP contribution in [0.5, 0.6) is 0 Å². The van der Waals surface area contributed by atoms with Crippen LogP contribution in [0.4, 0.5) is 0 Å². The van der Waals surface area contributed by atoms with Gasteiger partial charge in [0.15, 0.2) is 0 Å². The predicted octanol–water partition coefficient (Wildman–Crippen LogP) is 0.491. The number of aromatic amines is 1. The lowest BCUT2D eigenvalue weighted by Gasteiger charge is -2.23. The highest BCUT2D eigenvalue weighted by Crippen LogP contribution is 2.22. The summed E-state index contributed by atoms with van der Waals surface area (Å²) in [7, 11) is 0. The van der Waals surface area contributed by atoms with Gasteiger partial charge in [-0.3, -0.25) is 9.36 Å². The lowest BCUT2D eigenvalue weighted by molar-refractivity contribution is -0.908. The monoisotopic (exact) mass is 327 g/mol. The molecule has 0 saturated carbocycles. The Hall–Kier alpha value is -2.18. The van der Waals surface area contributed by atoms with Crippen LogP contribution in [0.25, 0.3) is 21.9 Å². The third-order valence-electron chi connectivity index (χ3n) is 4.86. The van der Waals surface area contributed by atoms with Crippen molar-refractivity contribution >= 4 is 21.9 Å². The predicted molar refractivity (Wildman–Crippen MR) is 93.6 cm³/mol. The quantitative estimate of drug-likeness (QED) is 0.733. The number of hydrogen-bond acceptors (Lipinski definition) is 3. The second kappa shape index (κ2) is 6.37. The van der Waals surface area contributed by atoms with Crippen molar-refractivity contribution in [1.29, 1.82) is 0 Å². The Kier molecular flexibility index (Phi) is 4.08. The molecule has 2 aromatic heterocycles. The van der Waals surface area contributed by atoms with E-state index in [0.717, 1.165) is 55.7 Å². The number of benzene rings is 1. The summed E-state index contributed by atoms with van der Waals surface area (Å²) in [5, 5.41) is 1.02. The highest BCUT2D eigenvalue weighted by Gasteiger charge is 2.14. The van der Waals surface area contributed by atoms with Crippen molar-refractivity contribution in [3.8, 4) is 0 Å². The molecule has 0 unspecified atom stereocenters. The molecule has 0 bridgehead atoms. The molecule has 0 amide bonds. The maximum absolute atomic E-state index is 12.7. The molecule has 4 rings (SSSR count). The van der Waals surface area contributed by atoms with E-state index < -0.39 is 0 Å². The molecule has 1 aromatic carbocycles. The van der Waals surface area contributed by atoms with Crippen LogP contribution in [0.2, 0.25) is 0 Å². The Morgan fingerprint density at radius 1 is 1.33 bits per heavy atom. The average molecular weight is 327 g/mol. The zero-order valence-electron chi connectivity index (χ0n) is 14.0. The maximum Gasteiger partial charge on any atom is 0.277 e. The van der Waals surface area contributed by atoms with Gasteiger partial charge >= 0.3 is 0 Å². The Labute approximate surface area is 140 Å². The summed E-state index contributed by atoms with van der Waals surface area (Å²) < 4.78 is 7.11. The summed E-state index contributed by atoms with van der Waals surface area (Å²) >= 11 is 0. The van der Waals surface area contributed by atoms with E-state index in [2.05, 4.69) is 16.0 Å². The van der Waals surface area contributed by atoms with Crippen molar-refractivity contribution in [3.63, 3.8) is 0 Å². The van der Waals surface area contributed by atoms with Crippen LogP contribution >= 0.6 is 0 Å². The summed E-state index contributed by atoms with van der Waals surface area (Å²) in [6, 6.07) is 6.13. The molecule has 0 atom stereocenters. The Balaban J connectivity index is 1.56. The van der Waals surface area contributed by atoms with Crippen molar-refractivity contribution in [3.05, 3.63) is 40.4 Å². The minimum atomic E-state index is 0.0193. The van der Waals surface area contributed by atoms with Crippen LogP contribution < -0.4 is 10.5 Å². The van der Waals surface area contributed by atoms with Crippen molar-refractivity contribution in [2.45, 2.75) is 19.9 Å². The molecule has 1 aliphatic rings. The molecule has 6 heteroatoms. The molecule has 1 saturated heterocycles. The molecule has 3 heterocycles. The smallest absolute Gasteiger partial charge is 0.277 e. The zero-order valence-corrected chi connectivity index (χ0v) is 14.0. The van der Waals surface area contributed by atoms with E-state index in [-0.39, 0.29) is 5.56 Å². The second-order valence-corrected chi connectivity index (χ2v) is 6.61. The van der Waals surface area contributed by atoms with Crippen molar-refractivity contribution in [2.24, 2.45) is 0 Å². The van der Waals surface area contributed by atoms with E-state index in [9.17, 15) is 4.79 Å². The molecule has 0 radical (unpaired) electrons. The van der Waals surface area contributed by atoms with Crippen LogP contribution in [-0.2, 0) is 11.3 Å². The largest absolute Gasteiger partial charge is 0.370 e. The first-order valence-electron chi connectivity index (χ1n) is 8.61. The van der Waals surface area contributed by atoms with Crippen LogP contribution in [0.3, 0.4) is 0 Å². The number of ether oxygens (including phenoxy) is 1. The van der Waals surface area contributed by atoms with E-state index in [4.69, 9.17) is 4.74 Å². The standard InChI is InChI=1S/C18H22N4O2/c1-13-3-4-15-14(11-13)16-17(20-15)18(23)22(12-19-16)6-2-5-21-7-9-24-10-8-21/h3-4,11-12,20H,2,5-10H2,1H3/p+1. The number of rotatable bonds is 4. The summed E-state index contributed by atoms with van der Waals surface area (Å²) in [4.78, 5) is 22.1. The van der Waals surface area contributed by atoms with Crippen LogP contribution in [0.1, 0.15) is 12.0 Å². The van der Waals surface area contributed by atoms with Crippen molar-refractivity contribution in [1.82, 2.24) is 14.5 Å². The fourth-order valence-corrected chi connectivity index (χ4v) is 3.47. The molecule has 1 fully saturated rings. The van der Waals surface area contributed by atoms with Gasteiger partial charge in [0.1, 0.15) is 24.1 Å². The summed E-state index contributed by atoms with van der Waals surface area (Å²) in [5.74, 6) is 0. The summed E-state index contributed by atoms with van der Waals surface area (Å²) in [6.07, 6.45) is 2.66. The van der Waals surface area contributed by atoms with Gasteiger partial charge < -0.3 is 14.6 Å². The summed E-state index contributed by atoms with van der Waals surface area (Å²) in [6.45, 7) is 7.64. The summed E-state index contributed by atoms with van der Waals surface area (Å²) in [5.41, 5.74) is 3.54. The minimum absolute atomic E-state index is 0.0193. The van der Waals surface area contributed by atoms with Gasteiger partial charge in [-0.15, -0.1) is 0 Å². The van der Waals surface area contributed by atoms with Crippen LogP contribution in [0, 0.1) is 6.92 Å². The maximum atomic E-state index is 12.7. The molecule has 1 aliphatic heterocycles. The topological polar surface area (TPSA) is 64.3 Å². The number of nitrogens with one attached hydrogen (secondary N) is 2. The fourth-order valence-electron chi connectivity index (χ4n) is 3.47. The third kappa shape index (κ3) is 2.83. The molecule has 3 aromatic rings. The van der Waals surface area contributed by atoms with Gasteiger partial charge in [0.05, 0.1) is 26.1 Å². The van der Waals surface area contributed by atoms with Gasteiger partial charge in [0.25, 0.3) is 5.56 Å². The van der Waals surface area contributed by atoms with E-state index in [1.807, 2.05) is 19.1 Å². The Bertz CT molecular complexity index is 922. The normalized spacial score (nSPS) is 16.2. The van der Waals surface area contributed by atoms with E-state index in [0.29, 0.717) is 12.1 Å². The minimum Gasteiger partial charge on any atom is -0.370 e. The first-order chi connectivity index (χ1) is 11.7.